The predicted molar refractivity (Wildman–Crippen MR) is 104 cm³/mol. The molecule has 0 atom stereocenters. The van der Waals surface area contributed by atoms with Gasteiger partial charge in [-0.3, -0.25) is 4.79 Å². The summed E-state index contributed by atoms with van der Waals surface area (Å²) in [5.41, 5.74) is 10.1. The monoisotopic (exact) mass is 373 g/mol. The first-order valence-corrected chi connectivity index (χ1v) is 8.77. The standard InChI is InChI=1S/C19H22O4.C2H5NO/c1-21-16-10-14-6-4-5-13-9-12(11-20)7-8-15(13)17(14)19(23-3)18(16)22-2;1-2(3)4/h7-10,20H,4-6,11H2,1-3H3;1H3,(H2,3,4). The maximum Gasteiger partial charge on any atom is 0.214 e. The van der Waals surface area contributed by atoms with Crippen molar-refractivity contribution in [1.82, 2.24) is 0 Å². The highest BCUT2D eigenvalue weighted by Crippen LogP contribution is 2.49. The molecular formula is C21H27NO5. The minimum Gasteiger partial charge on any atom is -0.493 e. The topological polar surface area (TPSA) is 91.0 Å². The molecule has 0 saturated carbocycles. The van der Waals surface area contributed by atoms with Crippen molar-refractivity contribution >= 4 is 5.91 Å². The zero-order valence-electron chi connectivity index (χ0n) is 16.3. The highest BCUT2D eigenvalue weighted by atomic mass is 16.5. The molecule has 27 heavy (non-hydrogen) atoms. The molecular weight excluding hydrogens is 346 g/mol. The van der Waals surface area contributed by atoms with E-state index in [1.807, 2.05) is 12.1 Å². The number of methoxy groups -OCH3 is 3. The minimum absolute atomic E-state index is 0.0587. The van der Waals surface area contributed by atoms with E-state index in [0.717, 1.165) is 36.0 Å². The van der Waals surface area contributed by atoms with Crippen molar-refractivity contribution < 1.29 is 24.1 Å². The van der Waals surface area contributed by atoms with E-state index in [1.165, 1.54) is 18.1 Å². The Morgan fingerprint density at radius 2 is 1.67 bits per heavy atom. The smallest absolute Gasteiger partial charge is 0.214 e. The number of hydrogen-bond acceptors (Lipinski definition) is 5. The number of amides is 1. The van der Waals surface area contributed by atoms with Gasteiger partial charge in [0.05, 0.1) is 27.9 Å². The maximum absolute atomic E-state index is 9.39. The van der Waals surface area contributed by atoms with Gasteiger partial charge in [0.25, 0.3) is 0 Å². The molecule has 1 amide bonds. The fraction of sp³-hybridized carbons (Fsp3) is 0.381. The third-order valence-electron chi connectivity index (χ3n) is 4.43. The van der Waals surface area contributed by atoms with E-state index < -0.39 is 0 Å². The SMILES string of the molecule is CC(N)=O.COc1cc2c(c(OC)c1OC)-c1ccc(CO)cc1CCC2. The quantitative estimate of drug-likeness (QED) is 0.860. The van der Waals surface area contributed by atoms with E-state index in [0.29, 0.717) is 17.2 Å². The van der Waals surface area contributed by atoms with Crippen LogP contribution in [0.4, 0.5) is 0 Å². The van der Waals surface area contributed by atoms with Gasteiger partial charge in [0.1, 0.15) is 0 Å². The van der Waals surface area contributed by atoms with Crippen LogP contribution in [-0.4, -0.2) is 32.3 Å². The second-order valence-corrected chi connectivity index (χ2v) is 6.29. The van der Waals surface area contributed by atoms with Crippen molar-refractivity contribution in [2.24, 2.45) is 5.73 Å². The number of rotatable bonds is 4. The highest BCUT2D eigenvalue weighted by Gasteiger charge is 2.25. The number of benzene rings is 2. The molecule has 0 aromatic heterocycles. The summed E-state index contributed by atoms with van der Waals surface area (Å²) in [6.07, 6.45) is 2.98. The van der Waals surface area contributed by atoms with Crippen LogP contribution in [0.5, 0.6) is 17.2 Å². The fourth-order valence-corrected chi connectivity index (χ4v) is 3.36. The van der Waals surface area contributed by atoms with E-state index in [-0.39, 0.29) is 12.5 Å². The summed E-state index contributed by atoms with van der Waals surface area (Å²) in [6.45, 7) is 1.36. The van der Waals surface area contributed by atoms with Crippen LogP contribution in [0, 0.1) is 0 Å². The van der Waals surface area contributed by atoms with Gasteiger partial charge in [0.15, 0.2) is 11.5 Å². The lowest BCUT2D eigenvalue weighted by Crippen LogP contribution is -2.01. The lowest BCUT2D eigenvalue weighted by molar-refractivity contribution is -0.115. The molecule has 0 bridgehead atoms. The molecule has 0 radical (unpaired) electrons. The lowest BCUT2D eigenvalue weighted by Gasteiger charge is -2.19. The van der Waals surface area contributed by atoms with Crippen molar-refractivity contribution in [3.8, 4) is 28.4 Å². The summed E-state index contributed by atoms with van der Waals surface area (Å²) >= 11 is 0. The van der Waals surface area contributed by atoms with Gasteiger partial charge in [-0.2, -0.15) is 0 Å². The first-order valence-electron chi connectivity index (χ1n) is 8.77. The second kappa shape index (κ2) is 9.28. The summed E-state index contributed by atoms with van der Waals surface area (Å²) < 4.78 is 16.7. The third kappa shape index (κ3) is 4.52. The van der Waals surface area contributed by atoms with Crippen LogP contribution in [-0.2, 0) is 24.2 Å². The summed E-state index contributed by atoms with van der Waals surface area (Å²) in [5, 5.41) is 9.39. The molecule has 0 unspecified atom stereocenters. The molecule has 3 rings (SSSR count). The first-order chi connectivity index (χ1) is 13.0. The van der Waals surface area contributed by atoms with Crippen LogP contribution in [0.1, 0.15) is 30.0 Å². The molecule has 2 aromatic rings. The molecule has 1 aliphatic carbocycles. The molecule has 0 aliphatic heterocycles. The van der Waals surface area contributed by atoms with Crippen molar-refractivity contribution in [1.29, 1.82) is 0 Å². The van der Waals surface area contributed by atoms with Gasteiger partial charge >= 0.3 is 0 Å². The van der Waals surface area contributed by atoms with E-state index >= 15 is 0 Å². The molecule has 2 aromatic carbocycles. The molecule has 1 aliphatic rings. The maximum atomic E-state index is 9.39. The fourth-order valence-electron chi connectivity index (χ4n) is 3.36. The van der Waals surface area contributed by atoms with Gasteiger partial charge in [-0.05, 0) is 47.6 Å². The summed E-state index contributed by atoms with van der Waals surface area (Å²) in [4.78, 5) is 9.22. The zero-order chi connectivity index (χ0) is 20.0. The number of primary amides is 1. The van der Waals surface area contributed by atoms with Crippen LogP contribution in [0.2, 0.25) is 0 Å². The Kier molecular flexibility index (Phi) is 7.07. The van der Waals surface area contributed by atoms with Gasteiger partial charge in [-0.1, -0.05) is 18.2 Å². The Bertz CT molecular complexity index is 813. The normalized spacial score (nSPS) is 11.9. The second-order valence-electron chi connectivity index (χ2n) is 6.29. The third-order valence-corrected chi connectivity index (χ3v) is 4.43. The Hall–Kier alpha value is -2.73. The van der Waals surface area contributed by atoms with Gasteiger partial charge in [-0.15, -0.1) is 0 Å². The Balaban J connectivity index is 0.000000596. The molecule has 0 fully saturated rings. The van der Waals surface area contributed by atoms with Crippen molar-refractivity contribution in [3.63, 3.8) is 0 Å². The number of aryl methyl sites for hydroxylation is 2. The van der Waals surface area contributed by atoms with Crippen molar-refractivity contribution in [2.45, 2.75) is 32.8 Å². The predicted octanol–water partition coefficient (Wildman–Crippen LogP) is 2.85. The van der Waals surface area contributed by atoms with E-state index in [1.54, 1.807) is 21.3 Å². The van der Waals surface area contributed by atoms with Crippen LogP contribution in [0.3, 0.4) is 0 Å². The molecule has 6 nitrogen and oxygen atoms in total. The molecule has 0 saturated heterocycles. The van der Waals surface area contributed by atoms with Crippen LogP contribution >= 0.6 is 0 Å². The molecule has 6 heteroatoms. The van der Waals surface area contributed by atoms with Crippen molar-refractivity contribution in [2.75, 3.05) is 21.3 Å². The van der Waals surface area contributed by atoms with E-state index in [9.17, 15) is 9.90 Å². The van der Waals surface area contributed by atoms with Crippen LogP contribution in [0.15, 0.2) is 24.3 Å². The van der Waals surface area contributed by atoms with Gasteiger partial charge in [-0.25, -0.2) is 0 Å². The average Bonchev–Trinajstić information content (AvgIpc) is 2.84. The number of carbonyl (C=O) groups is 1. The number of carbonyl (C=O) groups excluding carboxylic acids is 1. The largest absolute Gasteiger partial charge is 0.493 e. The summed E-state index contributed by atoms with van der Waals surface area (Å²) in [7, 11) is 4.92. The number of nitrogens with two attached hydrogens (primary N) is 1. The van der Waals surface area contributed by atoms with E-state index in [4.69, 9.17) is 14.2 Å². The molecule has 3 N–H and O–H groups in total. The van der Waals surface area contributed by atoms with Crippen molar-refractivity contribution in [3.05, 3.63) is 41.0 Å². The summed E-state index contributed by atoms with van der Waals surface area (Å²) in [5.74, 6) is 1.69. The van der Waals surface area contributed by atoms with Gasteiger partial charge < -0.3 is 25.1 Å². The first kappa shape index (κ1) is 20.6. The molecule has 0 spiro atoms. The minimum atomic E-state index is -0.333. The lowest BCUT2D eigenvalue weighted by atomic mass is 9.93. The highest BCUT2D eigenvalue weighted by molar-refractivity contribution is 5.82. The Morgan fingerprint density at radius 1 is 1.04 bits per heavy atom. The van der Waals surface area contributed by atoms with Gasteiger partial charge in [0.2, 0.25) is 11.7 Å². The van der Waals surface area contributed by atoms with E-state index in [2.05, 4.69) is 17.9 Å². The summed E-state index contributed by atoms with van der Waals surface area (Å²) in [6, 6.07) is 8.16. The number of ether oxygens (including phenoxy) is 3. The molecule has 0 heterocycles. The van der Waals surface area contributed by atoms with Crippen LogP contribution in [0.25, 0.3) is 11.1 Å². The zero-order valence-corrected chi connectivity index (χ0v) is 16.3. The van der Waals surface area contributed by atoms with Crippen LogP contribution < -0.4 is 19.9 Å². The number of aliphatic hydroxyl groups is 1. The van der Waals surface area contributed by atoms with Gasteiger partial charge in [0, 0.05) is 12.5 Å². The number of hydrogen-bond donors (Lipinski definition) is 2. The Labute approximate surface area is 159 Å². The molecule has 146 valence electrons. The number of aliphatic hydroxyl groups excluding tert-OH is 1. The Morgan fingerprint density at radius 3 is 2.22 bits per heavy atom. The number of fused-ring (bicyclic) bond motifs is 3. The average molecular weight is 373 g/mol.